The standard InChI is InChI=1S/C32H53N3O5Si2.C25H37NO6/c1-23-16-12-13-17-24-18-14-20-26(39-41(8,9)31(2,3)4)29(24)30(37)38-25(19-15-21-28(36)34-35-33)22-27(23)40-42(10,11)32(5,6)7;1-3-4-7-16-31-25(30)26-15-9-13-20-17-22(28)18(2)10-5-6-11-19-12-8-14-21(27)23(19)24(29)32-20/h14-15,18,20-21,23,25,27H,12-13,16-17,19,22H2,1-11H3;8-9,12,14-15,18,20,22,27-28H,3-7,10-11,13,16-17H2,1-2H3,(H,26,30)/b21-15-;15-9+/t23-,25-,27+;18-,20-,22+/m00/s1. The van der Waals surface area contributed by atoms with Crippen molar-refractivity contribution >= 4 is 40.6 Å². The van der Waals surface area contributed by atoms with Crippen molar-refractivity contribution in [2.75, 3.05) is 6.61 Å². The number of alkyl carbamates (subject to hydrolysis) is 1. The SMILES string of the molecule is CCCCCOC(=O)N/C=C/C[C@H]1C[C@@H](O)[C@@H](C)CCCCc2cccc(O)c2C(=O)O1.C[C@H]1CCCCc2cccc(O[Si](C)(C)C(C)(C)C)c2C(=O)O[C@@H](C/C=C\C(=O)N=[N+]=[N-])C[C@H]1O[Si](C)(C)C(C)(C)C. The summed E-state index contributed by atoms with van der Waals surface area (Å²) in [5, 5.41) is 26.5. The van der Waals surface area contributed by atoms with E-state index in [1.165, 1.54) is 18.3 Å². The average Bonchev–Trinajstić information content (AvgIpc) is 3.30. The molecule has 2 amide bonds. The van der Waals surface area contributed by atoms with Crippen molar-refractivity contribution in [2.24, 2.45) is 17.0 Å². The summed E-state index contributed by atoms with van der Waals surface area (Å²) < 4.78 is 30.7. The predicted octanol–water partition coefficient (Wildman–Crippen LogP) is 14.4. The topological polar surface area (TPSA) is 216 Å². The molecule has 0 fully saturated rings. The molecule has 2 heterocycles. The van der Waals surface area contributed by atoms with Gasteiger partial charge in [-0.15, -0.1) is 0 Å². The fraction of sp³-hybridized carbons (Fsp3) is 0.649. The van der Waals surface area contributed by atoms with E-state index in [-0.39, 0.29) is 45.8 Å². The predicted molar refractivity (Wildman–Crippen MR) is 297 cm³/mol. The minimum atomic E-state index is -2.24. The second-order valence-electron chi connectivity index (χ2n) is 23.2. The van der Waals surface area contributed by atoms with Crippen LogP contribution < -0.4 is 9.74 Å². The Hall–Kier alpha value is -4.94. The van der Waals surface area contributed by atoms with Crippen molar-refractivity contribution in [2.45, 2.75) is 219 Å². The van der Waals surface area contributed by atoms with Gasteiger partial charge in [0.1, 0.15) is 34.8 Å². The lowest BCUT2D eigenvalue weighted by Crippen LogP contribution is -2.46. The Morgan fingerprint density at radius 1 is 0.811 bits per heavy atom. The van der Waals surface area contributed by atoms with Gasteiger partial charge >= 0.3 is 18.0 Å². The number of nitrogens with zero attached hydrogens (tertiary/aromatic N) is 3. The minimum absolute atomic E-state index is 0.0269. The minimum Gasteiger partial charge on any atom is -0.543 e. The number of rotatable bonds is 14. The van der Waals surface area contributed by atoms with E-state index in [1.807, 2.05) is 31.2 Å². The molecule has 0 unspecified atom stereocenters. The van der Waals surface area contributed by atoms with Crippen LogP contribution in [0.2, 0.25) is 36.3 Å². The lowest BCUT2D eigenvalue weighted by molar-refractivity contribution is -0.113. The summed E-state index contributed by atoms with van der Waals surface area (Å²) in [5.74, 6) is -0.870. The number of hydrogen-bond donors (Lipinski definition) is 3. The molecule has 2 aliphatic heterocycles. The molecule has 0 aliphatic carbocycles. The Labute approximate surface area is 444 Å². The van der Waals surface area contributed by atoms with Crippen LogP contribution in [0.25, 0.3) is 10.4 Å². The van der Waals surface area contributed by atoms with Gasteiger partial charge in [0.2, 0.25) is 5.91 Å². The van der Waals surface area contributed by atoms with Crippen LogP contribution in [0.3, 0.4) is 0 Å². The smallest absolute Gasteiger partial charge is 0.411 e. The number of aliphatic hydroxyl groups excluding tert-OH is 1. The fourth-order valence-corrected chi connectivity index (χ4v) is 10.8. The first-order valence-electron chi connectivity index (χ1n) is 26.9. The number of ether oxygens (including phenoxy) is 3. The first-order valence-corrected chi connectivity index (χ1v) is 32.8. The number of phenols is 1. The van der Waals surface area contributed by atoms with E-state index < -0.39 is 58.9 Å². The Kier molecular flexibility index (Phi) is 25.7. The van der Waals surface area contributed by atoms with E-state index in [4.69, 9.17) is 28.6 Å². The first-order chi connectivity index (χ1) is 34.7. The number of aliphatic hydroxyl groups is 1. The number of cyclic esters (lactones) is 2. The Morgan fingerprint density at radius 3 is 1.99 bits per heavy atom. The van der Waals surface area contributed by atoms with Gasteiger partial charge in [0.05, 0.1) is 18.8 Å². The molecule has 17 heteroatoms. The van der Waals surface area contributed by atoms with Crippen molar-refractivity contribution in [3.05, 3.63) is 93.5 Å². The van der Waals surface area contributed by atoms with Crippen LogP contribution in [0.15, 0.2) is 65.9 Å². The van der Waals surface area contributed by atoms with E-state index in [0.29, 0.717) is 43.6 Å². The average molecular weight is 1060 g/mol. The maximum Gasteiger partial charge on any atom is 0.411 e. The number of azide groups is 1. The molecular formula is C57H90N4O11Si2. The van der Waals surface area contributed by atoms with Crippen molar-refractivity contribution in [3.63, 3.8) is 0 Å². The van der Waals surface area contributed by atoms with Crippen molar-refractivity contribution in [3.8, 4) is 11.5 Å². The summed E-state index contributed by atoms with van der Waals surface area (Å²) in [6, 6.07) is 10.9. The first kappa shape index (κ1) is 63.4. The van der Waals surface area contributed by atoms with Gasteiger partial charge in [-0.05, 0) is 133 Å². The lowest BCUT2D eigenvalue weighted by atomic mass is 9.91. The summed E-state index contributed by atoms with van der Waals surface area (Å²) in [6.45, 7) is 28.7. The zero-order chi connectivity index (χ0) is 55.3. The highest BCUT2D eigenvalue weighted by Crippen LogP contribution is 2.42. The highest BCUT2D eigenvalue weighted by Gasteiger charge is 2.42. The molecule has 0 bridgehead atoms. The molecule has 2 aliphatic rings. The lowest BCUT2D eigenvalue weighted by Gasteiger charge is -2.42. The number of carbonyl (C=O) groups is 4. The number of fused-ring (bicyclic) bond motifs is 2. The Morgan fingerprint density at radius 2 is 1.38 bits per heavy atom. The third-order valence-electron chi connectivity index (χ3n) is 15.1. The number of phenolic OH excluding ortho intramolecular Hbond substituents is 1. The Balaban J connectivity index is 0.000000405. The third kappa shape index (κ3) is 20.6. The van der Waals surface area contributed by atoms with E-state index in [1.54, 1.807) is 18.2 Å². The number of hydrogen-bond acceptors (Lipinski definition) is 11. The summed E-state index contributed by atoms with van der Waals surface area (Å²) in [6.07, 6.45) is 15.0. The van der Waals surface area contributed by atoms with Gasteiger partial charge in [-0.2, -0.15) is 0 Å². The van der Waals surface area contributed by atoms with Crippen LogP contribution in [-0.4, -0.2) is 81.8 Å². The van der Waals surface area contributed by atoms with Crippen molar-refractivity contribution < 1.29 is 52.5 Å². The molecule has 0 radical (unpaired) electrons. The van der Waals surface area contributed by atoms with Crippen LogP contribution >= 0.6 is 0 Å². The van der Waals surface area contributed by atoms with Gasteiger partial charge in [0.25, 0.3) is 8.32 Å². The molecule has 74 heavy (non-hydrogen) atoms. The van der Waals surface area contributed by atoms with Crippen LogP contribution in [0, 0.1) is 11.8 Å². The number of unbranched alkanes of at least 4 members (excludes halogenated alkanes) is 2. The number of aromatic hydroxyl groups is 1. The van der Waals surface area contributed by atoms with Gasteiger partial charge in [-0.1, -0.05) is 124 Å². The maximum absolute atomic E-state index is 14.0. The number of benzene rings is 2. The van der Waals surface area contributed by atoms with E-state index in [0.717, 1.165) is 75.3 Å². The van der Waals surface area contributed by atoms with Crippen LogP contribution in [-0.2, 0) is 36.3 Å². The van der Waals surface area contributed by atoms with E-state index >= 15 is 0 Å². The van der Waals surface area contributed by atoms with Gasteiger partial charge in [-0.3, -0.25) is 10.1 Å². The number of carbonyl (C=O) groups excluding carboxylic acids is 4. The van der Waals surface area contributed by atoms with Crippen LogP contribution in [0.4, 0.5) is 4.79 Å². The highest BCUT2D eigenvalue weighted by atomic mass is 28.4. The highest BCUT2D eigenvalue weighted by molar-refractivity contribution is 6.75. The zero-order valence-electron chi connectivity index (χ0n) is 47.0. The third-order valence-corrected chi connectivity index (χ3v) is 24.0. The zero-order valence-corrected chi connectivity index (χ0v) is 49.0. The molecule has 2 aromatic carbocycles. The van der Waals surface area contributed by atoms with E-state index in [2.05, 4.69) is 96.9 Å². The van der Waals surface area contributed by atoms with Crippen LogP contribution in [0.1, 0.15) is 178 Å². The van der Waals surface area contributed by atoms with Gasteiger partial charge in [0, 0.05) is 36.8 Å². The summed E-state index contributed by atoms with van der Waals surface area (Å²) in [5.41, 5.74) is 11.0. The normalized spacial score (nSPS) is 21.8. The maximum atomic E-state index is 14.0. The second-order valence-corrected chi connectivity index (χ2v) is 32.7. The molecule has 2 aromatic rings. The van der Waals surface area contributed by atoms with E-state index in [9.17, 15) is 29.4 Å². The quantitative estimate of drug-likeness (QED) is 0.0236. The van der Waals surface area contributed by atoms with Gasteiger partial charge in [-0.25, -0.2) is 14.4 Å². The number of aryl methyl sites for hydroxylation is 2. The van der Waals surface area contributed by atoms with Gasteiger partial charge in [0.15, 0.2) is 8.32 Å². The molecule has 3 N–H and O–H groups in total. The largest absolute Gasteiger partial charge is 0.543 e. The molecule has 0 saturated heterocycles. The van der Waals surface area contributed by atoms with Crippen molar-refractivity contribution in [1.29, 1.82) is 0 Å². The second kappa shape index (κ2) is 30.0. The molecule has 0 aromatic heterocycles. The molecule has 0 spiro atoms. The molecular weight excluding hydrogens is 973 g/mol. The summed E-state index contributed by atoms with van der Waals surface area (Å²) in [7, 11) is -4.36. The summed E-state index contributed by atoms with van der Waals surface area (Å²) >= 11 is 0. The fourth-order valence-electron chi connectivity index (χ4n) is 8.32. The van der Waals surface area contributed by atoms with Crippen molar-refractivity contribution in [1.82, 2.24) is 5.32 Å². The monoisotopic (exact) mass is 1060 g/mol. The van der Waals surface area contributed by atoms with Crippen LogP contribution in [0.5, 0.6) is 11.5 Å². The van der Waals surface area contributed by atoms with Gasteiger partial charge < -0.3 is 33.3 Å². The molecule has 412 valence electrons. The number of amides is 2. The molecule has 4 rings (SSSR count). The number of nitrogens with one attached hydrogen (secondary N) is 1. The molecule has 0 saturated carbocycles. The molecule has 15 nitrogen and oxygen atoms in total. The molecule has 6 atom stereocenters. The summed E-state index contributed by atoms with van der Waals surface area (Å²) in [4.78, 5) is 53.0. The number of esters is 2. The Bertz CT molecular complexity index is 2250.